The second-order valence-corrected chi connectivity index (χ2v) is 6.23. The van der Waals surface area contributed by atoms with E-state index in [2.05, 4.69) is 10.1 Å². The number of amides is 1. The Morgan fingerprint density at radius 2 is 1.89 bits per heavy atom. The average Bonchev–Trinajstić information content (AvgIpc) is 2.66. The zero-order chi connectivity index (χ0) is 14.1. The first kappa shape index (κ1) is 16.3. The molecule has 1 unspecified atom stereocenters. The van der Waals surface area contributed by atoms with Gasteiger partial charge >= 0.3 is 5.97 Å². The third-order valence-corrected chi connectivity index (χ3v) is 4.63. The van der Waals surface area contributed by atoms with Gasteiger partial charge in [0.2, 0.25) is 5.91 Å². The number of carbonyl (C=O) groups excluding carboxylic acids is 2. The zero-order valence-electron chi connectivity index (χ0n) is 11.9. The highest BCUT2D eigenvalue weighted by molar-refractivity contribution is 7.99. The van der Waals surface area contributed by atoms with Crippen molar-refractivity contribution in [3.63, 3.8) is 0 Å². The van der Waals surface area contributed by atoms with Gasteiger partial charge in [0, 0.05) is 11.8 Å². The van der Waals surface area contributed by atoms with Crippen molar-refractivity contribution in [1.82, 2.24) is 5.32 Å². The number of methoxy groups -OCH3 is 1. The van der Waals surface area contributed by atoms with Crippen molar-refractivity contribution in [1.29, 1.82) is 0 Å². The van der Waals surface area contributed by atoms with Gasteiger partial charge in [0.1, 0.15) is 0 Å². The number of esters is 1. The molecule has 0 aromatic heterocycles. The maximum absolute atomic E-state index is 11.8. The van der Waals surface area contributed by atoms with Crippen LogP contribution < -0.4 is 5.32 Å². The van der Waals surface area contributed by atoms with E-state index < -0.39 is 0 Å². The van der Waals surface area contributed by atoms with E-state index in [9.17, 15) is 9.59 Å². The largest absolute Gasteiger partial charge is 0.469 e. The molecule has 1 aliphatic carbocycles. The van der Waals surface area contributed by atoms with Crippen LogP contribution in [-0.2, 0) is 14.3 Å². The summed E-state index contributed by atoms with van der Waals surface area (Å²) >= 11 is 1.49. The van der Waals surface area contributed by atoms with Gasteiger partial charge in [-0.2, -0.15) is 11.8 Å². The molecule has 0 aromatic rings. The van der Waals surface area contributed by atoms with Gasteiger partial charge in [-0.1, -0.05) is 32.6 Å². The summed E-state index contributed by atoms with van der Waals surface area (Å²) in [5.74, 6) is 0.786. The molecule has 0 spiro atoms. The number of thioether (sulfide) groups is 1. The molecule has 1 amide bonds. The summed E-state index contributed by atoms with van der Waals surface area (Å²) in [6, 6.07) is 0.355. The fourth-order valence-corrected chi connectivity index (χ4v) is 3.17. The Bertz CT molecular complexity index is 288. The Kier molecular flexibility index (Phi) is 7.94. The van der Waals surface area contributed by atoms with Gasteiger partial charge in [0.25, 0.3) is 0 Å². The minimum absolute atomic E-state index is 0.0916. The Morgan fingerprint density at radius 1 is 1.26 bits per heavy atom. The van der Waals surface area contributed by atoms with Gasteiger partial charge < -0.3 is 10.1 Å². The van der Waals surface area contributed by atoms with Crippen molar-refractivity contribution in [3.8, 4) is 0 Å². The average molecular weight is 287 g/mol. The molecular formula is C14H25NO3S. The number of carbonyl (C=O) groups is 2. The molecule has 19 heavy (non-hydrogen) atoms. The number of hydrogen-bond donors (Lipinski definition) is 1. The highest BCUT2D eigenvalue weighted by Gasteiger charge is 2.16. The molecule has 0 bridgehead atoms. The van der Waals surface area contributed by atoms with E-state index >= 15 is 0 Å². The summed E-state index contributed by atoms with van der Waals surface area (Å²) in [7, 11) is 1.39. The third-order valence-electron chi connectivity index (χ3n) is 3.42. The van der Waals surface area contributed by atoms with Crippen LogP contribution in [0.5, 0.6) is 0 Å². The van der Waals surface area contributed by atoms with E-state index in [-0.39, 0.29) is 17.8 Å². The predicted octanol–water partition coefficient (Wildman–Crippen LogP) is 2.37. The van der Waals surface area contributed by atoms with E-state index in [1.165, 1.54) is 44.6 Å². The monoisotopic (exact) mass is 287 g/mol. The summed E-state index contributed by atoms with van der Waals surface area (Å²) in [6.45, 7) is 1.82. The lowest BCUT2D eigenvalue weighted by Crippen LogP contribution is -2.35. The van der Waals surface area contributed by atoms with E-state index in [1.807, 2.05) is 6.92 Å². The first-order chi connectivity index (χ1) is 9.13. The highest BCUT2D eigenvalue weighted by Crippen LogP contribution is 2.17. The molecule has 1 aliphatic rings. The molecule has 0 aromatic carbocycles. The quantitative estimate of drug-likeness (QED) is 0.602. The van der Waals surface area contributed by atoms with Crippen LogP contribution in [0.4, 0.5) is 0 Å². The molecular weight excluding hydrogens is 262 g/mol. The van der Waals surface area contributed by atoms with E-state index in [0.29, 0.717) is 17.5 Å². The summed E-state index contributed by atoms with van der Waals surface area (Å²) in [5.41, 5.74) is 0. The number of hydrogen-bond acceptors (Lipinski definition) is 4. The molecule has 0 aliphatic heterocycles. The van der Waals surface area contributed by atoms with Crippen molar-refractivity contribution in [2.45, 2.75) is 51.5 Å². The predicted molar refractivity (Wildman–Crippen MR) is 78.1 cm³/mol. The van der Waals surface area contributed by atoms with Crippen LogP contribution in [0.15, 0.2) is 0 Å². The minimum atomic E-state index is -0.211. The number of rotatable bonds is 6. The van der Waals surface area contributed by atoms with Crippen molar-refractivity contribution in [2.24, 2.45) is 5.92 Å². The van der Waals surface area contributed by atoms with Crippen LogP contribution in [-0.4, -0.2) is 36.5 Å². The molecule has 5 heteroatoms. The highest BCUT2D eigenvalue weighted by atomic mass is 32.2. The standard InChI is InChI=1S/C14H25NO3S/c1-11(14(17)18-2)9-19-10-13(16)15-12-7-5-3-4-6-8-12/h11-12H,3-10H2,1-2H3,(H,15,16). The maximum atomic E-state index is 11.8. The van der Waals surface area contributed by atoms with Crippen molar-refractivity contribution in [2.75, 3.05) is 18.6 Å². The number of nitrogens with one attached hydrogen (secondary N) is 1. The Labute approximate surface area is 120 Å². The first-order valence-corrected chi connectivity index (χ1v) is 8.24. The van der Waals surface area contributed by atoms with Crippen LogP contribution in [0.3, 0.4) is 0 Å². The van der Waals surface area contributed by atoms with Crippen LogP contribution in [0.25, 0.3) is 0 Å². The summed E-state index contributed by atoms with van der Waals surface area (Å²) in [6.07, 6.45) is 7.23. The summed E-state index contributed by atoms with van der Waals surface area (Å²) < 4.78 is 4.65. The van der Waals surface area contributed by atoms with Gasteiger partial charge in [-0.05, 0) is 12.8 Å². The summed E-state index contributed by atoms with van der Waals surface area (Å²) in [4.78, 5) is 23.0. The maximum Gasteiger partial charge on any atom is 0.309 e. The van der Waals surface area contributed by atoms with E-state index in [4.69, 9.17) is 0 Å². The van der Waals surface area contributed by atoms with E-state index in [0.717, 1.165) is 12.8 Å². The van der Waals surface area contributed by atoms with Crippen molar-refractivity contribution < 1.29 is 14.3 Å². The Balaban J connectivity index is 2.15. The third kappa shape index (κ3) is 6.85. The molecule has 1 atom stereocenters. The second-order valence-electron chi connectivity index (χ2n) is 5.20. The first-order valence-electron chi connectivity index (χ1n) is 7.08. The van der Waals surface area contributed by atoms with Crippen LogP contribution >= 0.6 is 11.8 Å². The van der Waals surface area contributed by atoms with E-state index in [1.54, 1.807) is 0 Å². The topological polar surface area (TPSA) is 55.4 Å². The Morgan fingerprint density at radius 3 is 2.47 bits per heavy atom. The molecule has 1 fully saturated rings. The SMILES string of the molecule is COC(=O)C(C)CSCC(=O)NC1CCCCCC1. The Hall–Kier alpha value is -0.710. The van der Waals surface area contributed by atoms with Gasteiger partial charge in [-0.25, -0.2) is 0 Å². The van der Waals surface area contributed by atoms with Gasteiger partial charge in [-0.3, -0.25) is 9.59 Å². The van der Waals surface area contributed by atoms with Crippen LogP contribution in [0.2, 0.25) is 0 Å². The van der Waals surface area contributed by atoms with Crippen molar-refractivity contribution in [3.05, 3.63) is 0 Å². The van der Waals surface area contributed by atoms with Crippen molar-refractivity contribution >= 4 is 23.6 Å². The van der Waals surface area contributed by atoms with Gasteiger partial charge in [-0.15, -0.1) is 0 Å². The van der Waals surface area contributed by atoms with Gasteiger partial charge in [0.05, 0.1) is 18.8 Å². The lowest BCUT2D eigenvalue weighted by molar-refractivity contribution is -0.144. The second kappa shape index (κ2) is 9.23. The fourth-order valence-electron chi connectivity index (χ4n) is 2.29. The normalized spacial score (nSPS) is 18.4. The molecule has 0 radical (unpaired) electrons. The molecule has 0 saturated heterocycles. The lowest BCUT2D eigenvalue weighted by Gasteiger charge is -2.16. The molecule has 1 rings (SSSR count). The minimum Gasteiger partial charge on any atom is -0.469 e. The molecule has 0 heterocycles. The lowest BCUT2D eigenvalue weighted by atomic mass is 10.1. The summed E-state index contributed by atoms with van der Waals surface area (Å²) in [5, 5.41) is 3.10. The van der Waals surface area contributed by atoms with Crippen LogP contribution in [0.1, 0.15) is 45.4 Å². The molecule has 1 saturated carbocycles. The molecule has 110 valence electrons. The zero-order valence-corrected chi connectivity index (χ0v) is 12.8. The fraction of sp³-hybridized carbons (Fsp3) is 0.857. The van der Waals surface area contributed by atoms with Crippen LogP contribution in [0, 0.1) is 5.92 Å². The smallest absolute Gasteiger partial charge is 0.309 e. The molecule has 1 N–H and O–H groups in total. The molecule has 4 nitrogen and oxygen atoms in total. The number of ether oxygens (including phenoxy) is 1. The van der Waals surface area contributed by atoms with Gasteiger partial charge in [0.15, 0.2) is 0 Å².